The van der Waals surface area contributed by atoms with Gasteiger partial charge in [0.15, 0.2) is 5.69 Å². The Morgan fingerprint density at radius 3 is 2.51 bits per heavy atom. The Morgan fingerprint density at radius 2 is 1.76 bits per heavy atom. The van der Waals surface area contributed by atoms with Gasteiger partial charge in [0.05, 0.1) is 12.5 Å². The van der Waals surface area contributed by atoms with Crippen LogP contribution in [-0.4, -0.2) is 17.0 Å². The van der Waals surface area contributed by atoms with Crippen LogP contribution in [0.2, 0.25) is 0 Å². The molecular formula is C31H28N2O4. The second-order valence-electron chi connectivity index (χ2n) is 8.91. The molecule has 6 nitrogen and oxygen atoms in total. The van der Waals surface area contributed by atoms with E-state index in [1.165, 1.54) is 0 Å². The number of aryl methyl sites for hydroxylation is 1. The van der Waals surface area contributed by atoms with Gasteiger partial charge in [-0.3, -0.25) is 9.59 Å². The quantitative estimate of drug-likeness (QED) is 0.231. The normalized spacial score (nSPS) is 11.5. The molecule has 6 heteroatoms. The lowest BCUT2D eigenvalue weighted by Gasteiger charge is -2.18. The van der Waals surface area contributed by atoms with Gasteiger partial charge in [0.25, 0.3) is 0 Å². The number of nitrogens with one attached hydrogen (secondary N) is 1. The number of hydrogen-bond acceptors (Lipinski definition) is 3. The van der Waals surface area contributed by atoms with Crippen molar-refractivity contribution in [3.63, 3.8) is 0 Å². The predicted octanol–water partition coefficient (Wildman–Crippen LogP) is 7.12. The molecule has 2 N–H and O–H groups in total. The molecule has 4 rings (SSSR count). The van der Waals surface area contributed by atoms with Gasteiger partial charge < -0.3 is 15.2 Å². The Kier molecular flexibility index (Phi) is 8.17. The van der Waals surface area contributed by atoms with E-state index < -0.39 is 5.97 Å². The summed E-state index contributed by atoms with van der Waals surface area (Å²) in [6, 6.07) is 26.6. The van der Waals surface area contributed by atoms with E-state index in [0.717, 1.165) is 27.5 Å². The van der Waals surface area contributed by atoms with E-state index in [-0.39, 0.29) is 24.9 Å². The Bertz CT molecular complexity index is 1450. The highest BCUT2D eigenvalue weighted by molar-refractivity contribution is 5.99. The number of anilines is 1. The zero-order chi connectivity index (χ0) is 26.2. The molecule has 0 radical (unpaired) electrons. The number of fused-ring (bicyclic) bond motifs is 1. The molecule has 37 heavy (non-hydrogen) atoms. The summed E-state index contributed by atoms with van der Waals surface area (Å²) in [6.07, 6.45) is 1.06. The minimum Gasteiger partial charge on any atom is -0.489 e. The van der Waals surface area contributed by atoms with Crippen LogP contribution < -0.4 is 10.1 Å². The molecule has 0 saturated carbocycles. The van der Waals surface area contributed by atoms with Crippen LogP contribution >= 0.6 is 0 Å². The summed E-state index contributed by atoms with van der Waals surface area (Å²) >= 11 is 0. The molecule has 0 spiro atoms. The molecule has 0 heterocycles. The van der Waals surface area contributed by atoms with Crippen molar-refractivity contribution in [2.24, 2.45) is 0 Å². The van der Waals surface area contributed by atoms with Crippen molar-refractivity contribution >= 4 is 34.0 Å². The van der Waals surface area contributed by atoms with Crippen LogP contribution in [0.5, 0.6) is 5.75 Å². The third kappa shape index (κ3) is 6.53. The summed E-state index contributed by atoms with van der Waals surface area (Å²) < 4.78 is 5.88. The first-order valence-electron chi connectivity index (χ1n) is 12.2. The first kappa shape index (κ1) is 25.5. The fraction of sp³-hybridized carbons (Fsp3) is 0.194. The van der Waals surface area contributed by atoms with Gasteiger partial charge in [0.2, 0.25) is 5.91 Å². The van der Waals surface area contributed by atoms with Crippen LogP contribution in [-0.2, 0) is 22.6 Å². The first-order chi connectivity index (χ1) is 17.9. The first-order valence-corrected chi connectivity index (χ1v) is 12.2. The summed E-state index contributed by atoms with van der Waals surface area (Å²) in [4.78, 5) is 27.8. The number of benzene rings is 4. The number of ether oxygens (including phenoxy) is 1. The smallest absolute Gasteiger partial charge is 0.303 e. The van der Waals surface area contributed by atoms with Crippen LogP contribution in [0.1, 0.15) is 42.4 Å². The average Bonchev–Trinajstić information content (AvgIpc) is 2.92. The molecule has 4 aromatic rings. The molecular weight excluding hydrogens is 464 g/mol. The number of carboxylic acids is 1. The highest BCUT2D eigenvalue weighted by atomic mass is 16.5. The fourth-order valence-electron chi connectivity index (χ4n) is 4.27. The highest BCUT2D eigenvalue weighted by Gasteiger charge is 2.19. The largest absolute Gasteiger partial charge is 0.489 e. The third-order valence-corrected chi connectivity index (χ3v) is 6.32. The molecule has 0 saturated heterocycles. The standard InChI is InChI=1S/C31H28N2O4/c1-21(27-11-5-8-23-7-3-4-10-28(23)27)31(36)33-29-19-22(13-14-24(29)9-6-12-30(34)35)20-37-26-17-15-25(32-2)16-18-26/h3-5,7-8,10-11,13-19,21H,6,9,12,20H2,1H3,(H,33,36)(H,34,35). The summed E-state index contributed by atoms with van der Waals surface area (Å²) in [5.74, 6) is -0.722. The third-order valence-electron chi connectivity index (χ3n) is 6.32. The van der Waals surface area contributed by atoms with Crippen LogP contribution in [0.3, 0.4) is 0 Å². The maximum Gasteiger partial charge on any atom is 0.303 e. The van der Waals surface area contributed by atoms with E-state index in [4.69, 9.17) is 16.4 Å². The molecule has 1 unspecified atom stereocenters. The SMILES string of the molecule is [C-]#[N+]c1ccc(OCc2ccc(CCCC(=O)O)c(NC(=O)C(C)c3cccc4ccccc34)c2)cc1. The Labute approximate surface area is 216 Å². The number of nitrogens with zero attached hydrogens (tertiary/aromatic N) is 1. The molecule has 0 aliphatic heterocycles. The van der Waals surface area contributed by atoms with E-state index in [2.05, 4.69) is 10.2 Å². The van der Waals surface area contributed by atoms with Gasteiger partial charge in [-0.25, -0.2) is 4.85 Å². The predicted molar refractivity (Wildman–Crippen MR) is 145 cm³/mol. The Hall–Kier alpha value is -4.63. The minimum absolute atomic E-state index is 0.0608. The monoisotopic (exact) mass is 492 g/mol. The second-order valence-corrected chi connectivity index (χ2v) is 8.91. The van der Waals surface area contributed by atoms with Crippen molar-refractivity contribution in [3.05, 3.63) is 113 Å². The molecule has 0 aromatic heterocycles. The van der Waals surface area contributed by atoms with Gasteiger partial charge in [-0.15, -0.1) is 0 Å². The molecule has 1 amide bonds. The Morgan fingerprint density at radius 1 is 1.00 bits per heavy atom. The summed E-state index contributed by atoms with van der Waals surface area (Å²) in [6.45, 7) is 9.24. The summed E-state index contributed by atoms with van der Waals surface area (Å²) in [5.41, 5.74) is 3.90. The van der Waals surface area contributed by atoms with Crippen LogP contribution in [0, 0.1) is 6.57 Å². The van der Waals surface area contributed by atoms with Gasteiger partial charge in [-0.1, -0.05) is 66.7 Å². The highest BCUT2D eigenvalue weighted by Crippen LogP contribution is 2.28. The number of hydrogen-bond donors (Lipinski definition) is 2. The maximum atomic E-state index is 13.4. The maximum absolute atomic E-state index is 13.4. The van der Waals surface area contributed by atoms with Gasteiger partial charge in [0, 0.05) is 12.1 Å². The van der Waals surface area contributed by atoms with Crippen LogP contribution in [0.4, 0.5) is 11.4 Å². The number of carboxylic acid groups (broad SMARTS) is 1. The van der Waals surface area contributed by atoms with E-state index in [1.807, 2.05) is 67.6 Å². The number of amides is 1. The van der Waals surface area contributed by atoms with Gasteiger partial charge in [-0.2, -0.15) is 0 Å². The molecule has 0 bridgehead atoms. The van der Waals surface area contributed by atoms with Crippen molar-refractivity contribution in [2.45, 2.75) is 38.7 Å². The zero-order valence-corrected chi connectivity index (χ0v) is 20.6. The fourth-order valence-corrected chi connectivity index (χ4v) is 4.27. The molecule has 4 aromatic carbocycles. The van der Waals surface area contributed by atoms with Crippen LogP contribution in [0.15, 0.2) is 84.9 Å². The van der Waals surface area contributed by atoms with Crippen LogP contribution in [0.25, 0.3) is 15.6 Å². The van der Waals surface area contributed by atoms with E-state index in [1.54, 1.807) is 24.3 Å². The minimum atomic E-state index is -0.843. The number of aliphatic carboxylic acids is 1. The lowest BCUT2D eigenvalue weighted by molar-refractivity contribution is -0.137. The molecule has 1 atom stereocenters. The van der Waals surface area contributed by atoms with Crippen molar-refractivity contribution in [3.8, 4) is 5.75 Å². The lowest BCUT2D eigenvalue weighted by atomic mass is 9.94. The summed E-state index contributed by atoms with van der Waals surface area (Å²) in [5, 5.41) is 14.3. The van der Waals surface area contributed by atoms with Gasteiger partial charge in [-0.05, 0) is 65.4 Å². The zero-order valence-electron chi connectivity index (χ0n) is 20.6. The number of carbonyl (C=O) groups is 2. The number of carbonyl (C=O) groups excluding carboxylic acids is 1. The molecule has 186 valence electrons. The van der Waals surface area contributed by atoms with Gasteiger partial charge in [0.1, 0.15) is 12.4 Å². The van der Waals surface area contributed by atoms with E-state index in [0.29, 0.717) is 30.0 Å². The van der Waals surface area contributed by atoms with Crippen molar-refractivity contribution < 1.29 is 19.4 Å². The lowest BCUT2D eigenvalue weighted by Crippen LogP contribution is -2.20. The molecule has 0 aliphatic rings. The summed E-state index contributed by atoms with van der Waals surface area (Å²) in [7, 11) is 0. The van der Waals surface area contributed by atoms with Crippen molar-refractivity contribution in [2.75, 3.05) is 5.32 Å². The number of rotatable bonds is 10. The van der Waals surface area contributed by atoms with Crippen molar-refractivity contribution in [1.82, 2.24) is 0 Å². The van der Waals surface area contributed by atoms with E-state index >= 15 is 0 Å². The molecule has 0 aliphatic carbocycles. The van der Waals surface area contributed by atoms with Crippen molar-refractivity contribution in [1.29, 1.82) is 0 Å². The topological polar surface area (TPSA) is 80.0 Å². The van der Waals surface area contributed by atoms with E-state index in [9.17, 15) is 9.59 Å². The second kappa shape index (κ2) is 11.9. The Balaban J connectivity index is 1.54. The average molecular weight is 493 g/mol. The van der Waals surface area contributed by atoms with Gasteiger partial charge >= 0.3 is 5.97 Å². The molecule has 0 fully saturated rings.